The van der Waals surface area contributed by atoms with Crippen LogP contribution >= 0.6 is 0 Å². The molecular weight excluding hydrogens is 164 g/mol. The molecule has 0 amide bonds. The predicted molar refractivity (Wildman–Crippen MR) is 47.2 cm³/mol. The third kappa shape index (κ3) is 26.1. The second kappa shape index (κ2) is 7.75. The molecule has 0 radical (unpaired) electrons. The Morgan fingerprint density at radius 2 is 1.91 bits per heavy atom. The average molecular weight is 180 g/mol. The van der Waals surface area contributed by atoms with Crippen molar-refractivity contribution in [3.63, 3.8) is 0 Å². The second-order valence-corrected chi connectivity index (χ2v) is 3.62. The highest BCUT2D eigenvalue weighted by Gasteiger charge is 2.00. The van der Waals surface area contributed by atoms with Crippen LogP contribution in [0.3, 0.4) is 0 Å². The topological polar surface area (TPSA) is 54.4 Å². The van der Waals surface area contributed by atoms with Gasteiger partial charge in [0.15, 0.2) is 0 Å². The van der Waals surface area contributed by atoms with Crippen molar-refractivity contribution in [1.82, 2.24) is 0 Å². The molecule has 0 aromatic carbocycles. The first-order valence-corrected chi connectivity index (χ1v) is 5.11. The minimum atomic E-state index is -3.69. The highest BCUT2D eigenvalue weighted by Crippen LogP contribution is 1.90. The molecule has 3 nitrogen and oxygen atoms in total. The Morgan fingerprint density at radius 1 is 1.55 bits per heavy atom. The van der Waals surface area contributed by atoms with Crippen LogP contribution in [0.25, 0.3) is 0 Å². The Labute approximate surface area is 68.9 Å². The molecule has 1 N–H and O–H groups in total. The highest BCUT2D eigenvalue weighted by molar-refractivity contribution is 7.85. The van der Waals surface area contributed by atoms with Crippen LogP contribution in [0.1, 0.15) is 26.7 Å². The maximum absolute atomic E-state index is 9.95. The average Bonchev–Trinajstić information content (AvgIpc) is 1.84. The summed E-state index contributed by atoms with van der Waals surface area (Å²) < 4.78 is 28.0. The van der Waals surface area contributed by atoms with Gasteiger partial charge in [0.25, 0.3) is 10.1 Å². The van der Waals surface area contributed by atoms with Crippen LogP contribution in [-0.2, 0) is 10.1 Å². The van der Waals surface area contributed by atoms with Gasteiger partial charge in [0.1, 0.15) is 0 Å². The van der Waals surface area contributed by atoms with E-state index in [0.29, 0.717) is 6.42 Å². The van der Waals surface area contributed by atoms with Crippen LogP contribution in [0.15, 0.2) is 12.7 Å². The summed E-state index contributed by atoms with van der Waals surface area (Å²) in [6, 6.07) is 0. The zero-order chi connectivity index (χ0) is 9.33. The van der Waals surface area contributed by atoms with Gasteiger partial charge in [-0.3, -0.25) is 4.55 Å². The minimum Gasteiger partial charge on any atom is -0.286 e. The van der Waals surface area contributed by atoms with E-state index < -0.39 is 10.1 Å². The van der Waals surface area contributed by atoms with Crippen molar-refractivity contribution in [3.05, 3.63) is 12.7 Å². The first-order chi connectivity index (χ1) is 4.97. The van der Waals surface area contributed by atoms with Crippen LogP contribution in [0, 0.1) is 0 Å². The van der Waals surface area contributed by atoms with Gasteiger partial charge in [-0.25, -0.2) is 0 Å². The second-order valence-electron chi connectivity index (χ2n) is 2.05. The Kier molecular flexibility index (Phi) is 9.34. The van der Waals surface area contributed by atoms with Crippen molar-refractivity contribution >= 4 is 10.1 Å². The van der Waals surface area contributed by atoms with Crippen molar-refractivity contribution in [2.24, 2.45) is 0 Å². The highest BCUT2D eigenvalue weighted by atomic mass is 32.2. The van der Waals surface area contributed by atoms with Gasteiger partial charge in [-0.15, -0.1) is 6.58 Å². The maximum atomic E-state index is 9.95. The predicted octanol–water partition coefficient (Wildman–Crippen LogP) is 1.87. The molecular formula is C7H16O3S. The van der Waals surface area contributed by atoms with Crippen LogP contribution in [-0.4, -0.2) is 18.7 Å². The normalized spacial score (nSPS) is 9.73. The Hall–Kier alpha value is -0.350. The monoisotopic (exact) mass is 180 g/mol. The van der Waals surface area contributed by atoms with Gasteiger partial charge < -0.3 is 0 Å². The summed E-state index contributed by atoms with van der Waals surface area (Å²) in [5, 5.41) is 0. The van der Waals surface area contributed by atoms with E-state index in [2.05, 4.69) is 6.58 Å². The van der Waals surface area contributed by atoms with Crippen molar-refractivity contribution in [1.29, 1.82) is 0 Å². The molecule has 0 bridgehead atoms. The Bertz CT molecular complexity index is 170. The molecule has 11 heavy (non-hydrogen) atoms. The van der Waals surface area contributed by atoms with E-state index in [-0.39, 0.29) is 5.75 Å². The van der Waals surface area contributed by atoms with Crippen molar-refractivity contribution in [2.75, 3.05) is 5.75 Å². The number of hydrogen-bond donors (Lipinski definition) is 1. The van der Waals surface area contributed by atoms with Crippen LogP contribution < -0.4 is 0 Å². The zero-order valence-corrected chi connectivity index (χ0v) is 7.89. The van der Waals surface area contributed by atoms with Crippen molar-refractivity contribution in [2.45, 2.75) is 26.7 Å². The van der Waals surface area contributed by atoms with E-state index in [9.17, 15) is 8.42 Å². The molecule has 0 saturated heterocycles. The van der Waals surface area contributed by atoms with Gasteiger partial charge in [0, 0.05) is 0 Å². The fraction of sp³-hybridized carbons (Fsp3) is 0.714. The molecule has 0 spiro atoms. The number of unbranched alkanes of at least 4 members (excludes halogenated alkanes) is 1. The standard InChI is InChI=1S/C4H10O3S.C3H6/c1-2-3-4-8(5,6)7;1-3-2/h2-4H2,1H3,(H,5,6,7);3H,1H2,2H3. The third-order valence-corrected chi connectivity index (χ3v) is 1.56. The fourth-order valence-corrected chi connectivity index (χ4v) is 0.980. The summed E-state index contributed by atoms with van der Waals surface area (Å²) in [6.45, 7) is 7.12. The summed E-state index contributed by atoms with van der Waals surface area (Å²) >= 11 is 0. The Balaban J connectivity index is 0. The Morgan fingerprint density at radius 3 is 2.00 bits per heavy atom. The van der Waals surface area contributed by atoms with Gasteiger partial charge in [0.2, 0.25) is 0 Å². The molecule has 68 valence electrons. The number of hydrogen-bond acceptors (Lipinski definition) is 2. The lowest BCUT2D eigenvalue weighted by molar-refractivity contribution is 0.480. The molecule has 0 aromatic heterocycles. The van der Waals surface area contributed by atoms with E-state index in [1.54, 1.807) is 6.08 Å². The molecule has 0 aromatic rings. The molecule has 0 atom stereocenters. The summed E-state index contributed by atoms with van der Waals surface area (Å²) in [4.78, 5) is 0. The van der Waals surface area contributed by atoms with Gasteiger partial charge >= 0.3 is 0 Å². The van der Waals surface area contributed by atoms with Gasteiger partial charge in [-0.1, -0.05) is 19.4 Å². The summed E-state index contributed by atoms with van der Waals surface area (Å²) in [5.74, 6) is -0.108. The van der Waals surface area contributed by atoms with Crippen LogP contribution in [0.2, 0.25) is 0 Å². The summed E-state index contributed by atoms with van der Waals surface area (Å²) in [5.41, 5.74) is 0. The molecule has 0 aliphatic carbocycles. The van der Waals surface area contributed by atoms with Gasteiger partial charge in [0.05, 0.1) is 5.75 Å². The number of rotatable bonds is 3. The number of allylic oxidation sites excluding steroid dienone is 1. The zero-order valence-electron chi connectivity index (χ0n) is 7.08. The van der Waals surface area contributed by atoms with Crippen LogP contribution in [0.5, 0.6) is 0 Å². The summed E-state index contributed by atoms with van der Waals surface area (Å²) in [7, 11) is -3.69. The third-order valence-electron chi connectivity index (χ3n) is 0.756. The SMILES string of the molecule is C=CC.CCCCS(=O)(=O)O. The van der Waals surface area contributed by atoms with Gasteiger partial charge in [-0.05, 0) is 13.3 Å². The van der Waals surface area contributed by atoms with E-state index in [0.717, 1.165) is 6.42 Å². The van der Waals surface area contributed by atoms with Gasteiger partial charge in [-0.2, -0.15) is 8.42 Å². The quantitative estimate of drug-likeness (QED) is 0.533. The maximum Gasteiger partial charge on any atom is 0.264 e. The molecule has 0 aliphatic rings. The molecule has 0 saturated carbocycles. The molecule has 4 heteroatoms. The fourth-order valence-electron chi connectivity index (χ4n) is 0.327. The first-order valence-electron chi connectivity index (χ1n) is 3.50. The van der Waals surface area contributed by atoms with E-state index >= 15 is 0 Å². The lowest BCUT2D eigenvalue weighted by Gasteiger charge is -1.90. The van der Waals surface area contributed by atoms with Crippen LogP contribution in [0.4, 0.5) is 0 Å². The lowest BCUT2D eigenvalue weighted by Crippen LogP contribution is -2.02. The molecule has 0 aliphatic heterocycles. The molecule has 0 unspecified atom stereocenters. The molecule has 0 rings (SSSR count). The lowest BCUT2D eigenvalue weighted by atomic mass is 10.4. The van der Waals surface area contributed by atoms with E-state index in [1.807, 2.05) is 13.8 Å². The van der Waals surface area contributed by atoms with Crippen molar-refractivity contribution < 1.29 is 13.0 Å². The molecule has 0 heterocycles. The smallest absolute Gasteiger partial charge is 0.264 e. The largest absolute Gasteiger partial charge is 0.286 e. The van der Waals surface area contributed by atoms with E-state index in [1.165, 1.54) is 0 Å². The molecule has 0 fully saturated rings. The summed E-state index contributed by atoms with van der Waals surface area (Å²) in [6.07, 6.45) is 3.08. The van der Waals surface area contributed by atoms with E-state index in [4.69, 9.17) is 4.55 Å². The van der Waals surface area contributed by atoms with Crippen molar-refractivity contribution in [3.8, 4) is 0 Å². The first kappa shape index (κ1) is 13.3. The minimum absolute atomic E-state index is 0.108.